The minimum absolute atomic E-state index is 0.0740. The molecule has 0 saturated carbocycles. The van der Waals surface area contributed by atoms with E-state index in [1.165, 1.54) is 0 Å². The normalized spacial score (nSPS) is 12.6. The summed E-state index contributed by atoms with van der Waals surface area (Å²) in [5, 5.41) is 13.1. The highest BCUT2D eigenvalue weighted by molar-refractivity contribution is 7.10. The molecule has 1 aliphatic rings. The smallest absolute Gasteiger partial charge is 0.258 e. The number of fused-ring (bicyclic) bond motifs is 3. The molecule has 1 N–H and O–H groups in total. The van der Waals surface area contributed by atoms with Crippen molar-refractivity contribution >= 4 is 34.5 Å². The lowest BCUT2D eigenvalue weighted by molar-refractivity contribution is -0.115. The Kier molecular flexibility index (Phi) is 5.28. The molecule has 4 aromatic rings. The molecule has 3 heterocycles. The summed E-state index contributed by atoms with van der Waals surface area (Å²) in [7, 11) is 0. The molecule has 5 rings (SSSR count). The number of amides is 2. The number of aryl methyl sites for hydroxylation is 1. The van der Waals surface area contributed by atoms with Gasteiger partial charge in [-0.15, -0.1) is 21.5 Å². The van der Waals surface area contributed by atoms with Crippen LogP contribution in [0.15, 0.2) is 66.3 Å². The van der Waals surface area contributed by atoms with Gasteiger partial charge in [-0.1, -0.05) is 12.1 Å². The van der Waals surface area contributed by atoms with Gasteiger partial charge in [-0.25, -0.2) is 0 Å². The fourth-order valence-corrected chi connectivity index (χ4v) is 4.62. The molecular weight excluding hydrogens is 422 g/mol. The summed E-state index contributed by atoms with van der Waals surface area (Å²) >= 11 is 1.63. The number of anilines is 2. The Balaban J connectivity index is 1.33. The van der Waals surface area contributed by atoms with Crippen LogP contribution >= 0.6 is 11.3 Å². The Labute approximate surface area is 189 Å². The zero-order chi connectivity index (χ0) is 22.1. The van der Waals surface area contributed by atoms with Crippen LogP contribution in [0.2, 0.25) is 0 Å². The van der Waals surface area contributed by atoms with Crippen molar-refractivity contribution in [1.82, 2.24) is 14.8 Å². The SMILES string of the molecule is Cc1sccc1CC(=O)Nc1ccc(C(=O)N2CCc3nncn3-c3ccccc32)cc1. The van der Waals surface area contributed by atoms with Crippen molar-refractivity contribution in [2.75, 3.05) is 16.8 Å². The first-order valence-corrected chi connectivity index (χ1v) is 11.2. The molecule has 0 spiro atoms. The van der Waals surface area contributed by atoms with E-state index in [9.17, 15) is 9.59 Å². The van der Waals surface area contributed by atoms with Gasteiger partial charge in [0.1, 0.15) is 12.2 Å². The predicted octanol–water partition coefficient (Wildman–Crippen LogP) is 4.02. The Bertz CT molecular complexity index is 1290. The van der Waals surface area contributed by atoms with E-state index >= 15 is 0 Å². The fraction of sp³-hybridized carbons (Fsp3) is 0.167. The number of thiophene rings is 1. The Morgan fingerprint density at radius 1 is 1.06 bits per heavy atom. The maximum Gasteiger partial charge on any atom is 0.258 e. The number of aromatic nitrogens is 3. The highest BCUT2D eigenvalue weighted by atomic mass is 32.1. The molecule has 32 heavy (non-hydrogen) atoms. The van der Waals surface area contributed by atoms with Gasteiger partial charge in [0.15, 0.2) is 0 Å². The highest BCUT2D eigenvalue weighted by Gasteiger charge is 2.25. The lowest BCUT2D eigenvalue weighted by Gasteiger charge is -2.23. The molecule has 2 amide bonds. The van der Waals surface area contributed by atoms with E-state index in [4.69, 9.17) is 0 Å². The van der Waals surface area contributed by atoms with Gasteiger partial charge in [-0.2, -0.15) is 0 Å². The Hall–Kier alpha value is -3.78. The van der Waals surface area contributed by atoms with Crippen LogP contribution in [0.5, 0.6) is 0 Å². The predicted molar refractivity (Wildman–Crippen MR) is 125 cm³/mol. The maximum atomic E-state index is 13.4. The molecule has 7 nitrogen and oxygen atoms in total. The van der Waals surface area contributed by atoms with E-state index in [1.54, 1.807) is 46.8 Å². The minimum atomic E-state index is -0.0945. The number of benzene rings is 2. The monoisotopic (exact) mass is 443 g/mol. The van der Waals surface area contributed by atoms with Crippen LogP contribution in [-0.4, -0.2) is 33.1 Å². The molecular formula is C24H21N5O2S. The van der Waals surface area contributed by atoms with Gasteiger partial charge >= 0.3 is 0 Å². The Morgan fingerprint density at radius 3 is 2.59 bits per heavy atom. The first-order chi connectivity index (χ1) is 15.6. The lowest BCUT2D eigenvalue weighted by Crippen LogP contribution is -2.32. The van der Waals surface area contributed by atoms with E-state index < -0.39 is 0 Å². The molecule has 0 unspecified atom stereocenters. The third kappa shape index (κ3) is 3.80. The largest absolute Gasteiger partial charge is 0.326 e. The van der Waals surface area contributed by atoms with Crippen molar-refractivity contribution in [2.45, 2.75) is 19.8 Å². The number of rotatable bonds is 4. The van der Waals surface area contributed by atoms with Crippen LogP contribution < -0.4 is 10.2 Å². The van der Waals surface area contributed by atoms with Gasteiger partial charge in [-0.3, -0.25) is 14.2 Å². The van der Waals surface area contributed by atoms with Crippen molar-refractivity contribution in [1.29, 1.82) is 0 Å². The summed E-state index contributed by atoms with van der Waals surface area (Å²) < 4.78 is 1.93. The van der Waals surface area contributed by atoms with Crippen LogP contribution in [0.3, 0.4) is 0 Å². The summed E-state index contributed by atoms with van der Waals surface area (Å²) in [5.74, 6) is 0.657. The maximum absolute atomic E-state index is 13.4. The van der Waals surface area contributed by atoms with Gasteiger partial charge < -0.3 is 10.2 Å². The van der Waals surface area contributed by atoms with Crippen molar-refractivity contribution < 1.29 is 9.59 Å². The Morgan fingerprint density at radius 2 is 1.84 bits per heavy atom. The topological polar surface area (TPSA) is 80.1 Å². The number of hydrogen-bond acceptors (Lipinski definition) is 5. The molecule has 0 atom stereocenters. The van der Waals surface area contributed by atoms with Crippen molar-refractivity contribution in [3.05, 3.63) is 88.1 Å². The van der Waals surface area contributed by atoms with Gasteiger partial charge in [0.25, 0.3) is 5.91 Å². The van der Waals surface area contributed by atoms with Gasteiger partial charge in [0.05, 0.1) is 17.8 Å². The molecule has 160 valence electrons. The second-order valence-electron chi connectivity index (χ2n) is 7.62. The first kappa shape index (κ1) is 20.1. The second kappa shape index (κ2) is 8.39. The third-order valence-corrected chi connectivity index (χ3v) is 6.48. The zero-order valence-corrected chi connectivity index (χ0v) is 18.3. The average Bonchev–Trinajstić information content (AvgIpc) is 3.40. The van der Waals surface area contributed by atoms with Crippen LogP contribution in [0.4, 0.5) is 11.4 Å². The van der Waals surface area contributed by atoms with Gasteiger partial charge in [-0.05, 0) is 60.3 Å². The van der Waals surface area contributed by atoms with Crippen molar-refractivity contribution in [2.24, 2.45) is 0 Å². The summed E-state index contributed by atoms with van der Waals surface area (Å²) in [6.07, 6.45) is 2.62. The standard InChI is InChI=1S/C24H21N5O2S/c1-16-18(11-13-32-16)14-23(30)26-19-8-6-17(7-9-19)24(31)28-12-10-22-27-25-15-29(22)21-5-3-2-4-20(21)28/h2-9,11,13,15H,10,12,14H2,1H3,(H,26,30). The summed E-state index contributed by atoms with van der Waals surface area (Å²) in [5.41, 5.74) is 3.96. The molecule has 0 bridgehead atoms. The van der Waals surface area contributed by atoms with Crippen molar-refractivity contribution in [3.8, 4) is 5.69 Å². The van der Waals surface area contributed by atoms with E-state index in [0.717, 1.165) is 27.6 Å². The first-order valence-electron chi connectivity index (χ1n) is 10.3. The highest BCUT2D eigenvalue weighted by Crippen LogP contribution is 2.29. The van der Waals surface area contributed by atoms with E-state index in [2.05, 4.69) is 15.5 Å². The van der Waals surface area contributed by atoms with Crippen LogP contribution in [-0.2, 0) is 17.6 Å². The zero-order valence-electron chi connectivity index (χ0n) is 17.5. The van der Waals surface area contributed by atoms with Crippen LogP contribution in [0.25, 0.3) is 5.69 Å². The molecule has 0 saturated heterocycles. The molecule has 2 aromatic heterocycles. The number of carbonyl (C=O) groups excluding carboxylic acids is 2. The second-order valence-corrected chi connectivity index (χ2v) is 8.74. The van der Waals surface area contributed by atoms with Crippen LogP contribution in [0.1, 0.15) is 26.6 Å². The number of nitrogens with one attached hydrogen (secondary N) is 1. The lowest BCUT2D eigenvalue weighted by atomic mass is 10.1. The van der Waals surface area contributed by atoms with Crippen LogP contribution in [0, 0.1) is 6.92 Å². The summed E-state index contributed by atoms with van der Waals surface area (Å²) in [6.45, 7) is 2.52. The molecule has 8 heteroatoms. The van der Waals surface area contributed by atoms with E-state index in [1.807, 2.05) is 47.2 Å². The van der Waals surface area contributed by atoms with E-state index in [0.29, 0.717) is 30.6 Å². The number of carbonyl (C=O) groups is 2. The quantitative estimate of drug-likeness (QED) is 0.517. The number of nitrogens with zero attached hydrogens (tertiary/aromatic N) is 4. The van der Waals surface area contributed by atoms with Gasteiger partial charge in [0.2, 0.25) is 5.91 Å². The average molecular weight is 444 g/mol. The van der Waals surface area contributed by atoms with Crippen molar-refractivity contribution in [3.63, 3.8) is 0 Å². The molecule has 0 aliphatic carbocycles. The minimum Gasteiger partial charge on any atom is -0.326 e. The molecule has 0 fully saturated rings. The molecule has 2 aromatic carbocycles. The number of para-hydroxylation sites is 2. The number of hydrogen-bond donors (Lipinski definition) is 1. The summed E-state index contributed by atoms with van der Waals surface area (Å²) in [6, 6.07) is 16.8. The van der Waals surface area contributed by atoms with E-state index in [-0.39, 0.29) is 11.8 Å². The third-order valence-electron chi connectivity index (χ3n) is 5.59. The molecule has 0 radical (unpaired) electrons. The fourth-order valence-electron chi connectivity index (χ4n) is 3.89. The molecule has 1 aliphatic heterocycles. The summed E-state index contributed by atoms with van der Waals surface area (Å²) in [4.78, 5) is 28.7. The van der Waals surface area contributed by atoms with Gasteiger partial charge in [0, 0.05) is 29.1 Å².